The number of aromatic nitrogens is 4. The highest BCUT2D eigenvalue weighted by Crippen LogP contribution is 2.52. The predicted octanol–water partition coefficient (Wildman–Crippen LogP) is 17.4. The van der Waals surface area contributed by atoms with Crippen LogP contribution in [0.5, 0.6) is 0 Å². The van der Waals surface area contributed by atoms with E-state index in [1.165, 1.54) is 38.6 Å². The van der Waals surface area contributed by atoms with E-state index in [1.54, 1.807) is 0 Å². The number of hydrogen-bond acceptors (Lipinski definition) is 2. The number of rotatable bonds is 5. The van der Waals surface area contributed by atoms with Gasteiger partial charge in [-0.15, -0.1) is 0 Å². The SMILES string of the molecule is C=CC1=C(/C=C\C)C(C)(C)c2c1ccc1c3ccccc3n(-c3cc4c5ccc(-c6ccc7c8ccccc8n(-c8ccc9c(c8)c8cccc%10c%11ccccc%11c(=O)n9c%108)c7c6)cc5c(=O)n5c6ccccc6c(c3)c45)c21. The molecular formula is C72H46N4O2. The first-order chi connectivity index (χ1) is 38.2. The Balaban J connectivity index is 0.895. The van der Waals surface area contributed by atoms with Crippen molar-refractivity contribution in [1.82, 2.24) is 17.9 Å². The lowest BCUT2D eigenvalue weighted by atomic mass is 9.80. The zero-order chi connectivity index (χ0) is 52.0. The normalized spacial score (nSPS) is 14.0. The van der Waals surface area contributed by atoms with Crippen molar-refractivity contribution >= 4 is 125 Å². The molecule has 6 nitrogen and oxygen atoms in total. The van der Waals surface area contributed by atoms with Gasteiger partial charge < -0.3 is 9.13 Å². The topological polar surface area (TPSA) is 52.8 Å². The molecule has 16 aromatic rings. The highest BCUT2D eigenvalue weighted by molar-refractivity contribution is 6.23. The van der Waals surface area contributed by atoms with Crippen LogP contribution in [0.25, 0.3) is 148 Å². The summed E-state index contributed by atoms with van der Waals surface area (Å²) in [4.78, 5) is 29.6. The molecule has 0 N–H and O–H groups in total. The van der Waals surface area contributed by atoms with Crippen LogP contribution < -0.4 is 11.1 Å². The van der Waals surface area contributed by atoms with E-state index in [9.17, 15) is 4.79 Å². The molecule has 0 saturated heterocycles. The Bertz CT molecular complexity index is 5620. The van der Waals surface area contributed by atoms with Gasteiger partial charge in [0.1, 0.15) is 0 Å². The molecule has 0 aliphatic heterocycles. The van der Waals surface area contributed by atoms with Gasteiger partial charge in [0.2, 0.25) is 0 Å². The van der Waals surface area contributed by atoms with E-state index in [2.05, 4.69) is 218 Å². The molecule has 0 amide bonds. The Morgan fingerprint density at radius 1 is 0.397 bits per heavy atom. The molecule has 17 rings (SSSR count). The fraction of sp³-hybridized carbons (Fsp3) is 0.0556. The number of para-hydroxylation sites is 4. The molecule has 0 atom stereocenters. The molecule has 366 valence electrons. The van der Waals surface area contributed by atoms with Gasteiger partial charge in [-0.3, -0.25) is 18.4 Å². The summed E-state index contributed by atoms with van der Waals surface area (Å²) >= 11 is 0. The highest BCUT2D eigenvalue weighted by atomic mass is 16.1. The largest absolute Gasteiger partial charge is 0.309 e. The van der Waals surface area contributed by atoms with Crippen LogP contribution in [0, 0.1) is 0 Å². The Labute approximate surface area is 445 Å². The average molecular weight is 999 g/mol. The maximum Gasteiger partial charge on any atom is 0.263 e. The van der Waals surface area contributed by atoms with Crippen LogP contribution in [-0.4, -0.2) is 17.9 Å². The molecule has 0 saturated carbocycles. The van der Waals surface area contributed by atoms with Crippen molar-refractivity contribution < 1.29 is 0 Å². The molecule has 0 radical (unpaired) electrons. The summed E-state index contributed by atoms with van der Waals surface area (Å²) in [6, 6.07) is 68.8. The Kier molecular flexibility index (Phi) is 8.36. The van der Waals surface area contributed by atoms with Crippen molar-refractivity contribution in [2.45, 2.75) is 26.2 Å². The minimum absolute atomic E-state index is 0.00489. The second-order valence-corrected chi connectivity index (χ2v) is 21.9. The molecule has 6 heteroatoms. The Morgan fingerprint density at radius 3 is 1.63 bits per heavy atom. The summed E-state index contributed by atoms with van der Waals surface area (Å²) in [6.07, 6.45) is 6.41. The van der Waals surface area contributed by atoms with Crippen LogP contribution in [-0.2, 0) is 5.41 Å². The molecule has 0 unspecified atom stereocenters. The van der Waals surface area contributed by atoms with Gasteiger partial charge in [-0.1, -0.05) is 166 Å². The zero-order valence-electron chi connectivity index (χ0n) is 43.0. The van der Waals surface area contributed by atoms with Gasteiger partial charge in [-0.2, -0.15) is 0 Å². The second kappa shape index (κ2) is 15.1. The number of pyridine rings is 2. The Morgan fingerprint density at radius 2 is 0.897 bits per heavy atom. The quantitative estimate of drug-likeness (QED) is 0.161. The van der Waals surface area contributed by atoms with Crippen LogP contribution in [0.15, 0.2) is 234 Å². The van der Waals surface area contributed by atoms with Crippen LogP contribution in [0.3, 0.4) is 0 Å². The average Bonchev–Trinajstić information content (AvgIpc) is 4.23. The molecule has 6 aromatic heterocycles. The molecule has 0 spiro atoms. The van der Waals surface area contributed by atoms with Crippen LogP contribution >= 0.6 is 0 Å². The van der Waals surface area contributed by atoms with Gasteiger partial charge in [-0.05, 0) is 118 Å². The van der Waals surface area contributed by atoms with E-state index >= 15 is 4.79 Å². The van der Waals surface area contributed by atoms with Gasteiger partial charge in [-0.25, -0.2) is 0 Å². The monoisotopic (exact) mass is 998 g/mol. The number of nitrogens with zero attached hydrogens (tertiary/aromatic N) is 4. The molecule has 0 bridgehead atoms. The first-order valence-corrected chi connectivity index (χ1v) is 26.8. The van der Waals surface area contributed by atoms with Gasteiger partial charge in [0.25, 0.3) is 11.1 Å². The van der Waals surface area contributed by atoms with E-state index in [1.807, 2.05) is 39.1 Å². The van der Waals surface area contributed by atoms with Crippen LogP contribution in [0.1, 0.15) is 31.9 Å². The lowest BCUT2D eigenvalue weighted by molar-refractivity contribution is 0.658. The summed E-state index contributed by atoms with van der Waals surface area (Å²) in [5.74, 6) is 0. The first-order valence-electron chi connectivity index (χ1n) is 26.8. The molecular weight excluding hydrogens is 953 g/mol. The predicted molar refractivity (Wildman–Crippen MR) is 327 cm³/mol. The third-order valence-corrected chi connectivity index (χ3v) is 17.7. The lowest BCUT2D eigenvalue weighted by Crippen LogP contribution is -2.18. The third-order valence-electron chi connectivity index (χ3n) is 17.7. The van der Waals surface area contributed by atoms with E-state index in [4.69, 9.17) is 0 Å². The van der Waals surface area contributed by atoms with Crippen molar-refractivity contribution in [1.29, 1.82) is 0 Å². The van der Waals surface area contributed by atoms with Crippen molar-refractivity contribution in [2.24, 2.45) is 0 Å². The van der Waals surface area contributed by atoms with Crippen LogP contribution in [0.4, 0.5) is 0 Å². The maximum absolute atomic E-state index is 15.4. The first kappa shape index (κ1) is 43.2. The number of fused-ring (bicyclic) bond motifs is 18. The third kappa shape index (κ3) is 5.31. The highest BCUT2D eigenvalue weighted by Gasteiger charge is 2.39. The minimum Gasteiger partial charge on any atom is -0.309 e. The molecule has 1 aliphatic carbocycles. The fourth-order valence-electron chi connectivity index (χ4n) is 14.4. The summed E-state index contributed by atoms with van der Waals surface area (Å²) in [5, 5.41) is 14.2. The summed E-state index contributed by atoms with van der Waals surface area (Å²) in [5.41, 5.74) is 16.7. The summed E-state index contributed by atoms with van der Waals surface area (Å²) in [7, 11) is 0. The molecule has 78 heavy (non-hydrogen) atoms. The van der Waals surface area contributed by atoms with E-state index in [0.717, 1.165) is 115 Å². The Hall–Kier alpha value is -10.0. The maximum atomic E-state index is 15.4. The van der Waals surface area contributed by atoms with Gasteiger partial charge in [0.15, 0.2) is 0 Å². The zero-order valence-corrected chi connectivity index (χ0v) is 43.0. The number of allylic oxidation sites excluding steroid dienone is 5. The molecule has 10 aromatic carbocycles. The second-order valence-electron chi connectivity index (χ2n) is 21.9. The van der Waals surface area contributed by atoms with E-state index in [0.29, 0.717) is 10.8 Å². The van der Waals surface area contributed by atoms with Gasteiger partial charge >= 0.3 is 0 Å². The van der Waals surface area contributed by atoms with Crippen molar-refractivity contribution in [2.75, 3.05) is 0 Å². The fourth-order valence-corrected chi connectivity index (χ4v) is 14.4. The van der Waals surface area contributed by atoms with Gasteiger partial charge in [0, 0.05) is 81.4 Å². The summed E-state index contributed by atoms with van der Waals surface area (Å²) < 4.78 is 8.69. The van der Waals surface area contributed by atoms with Crippen molar-refractivity contribution in [3.8, 4) is 22.5 Å². The molecule has 1 aliphatic rings. The standard InChI is InChI=1S/C72H46N4O2/c1-5-16-60-44(6-2)51-32-33-54-48-19-10-13-25-62(48)74(69(54)66(51)72(60,3)4)43-38-57-46-30-27-40(35-59(46)71(78)75-63-26-14-11-20-49(63)58(39-43)68(57)75)41-28-31-50-47-18-9-12-24-61(47)73(65(50)36-41)42-29-34-64-56(37-42)53-23-15-22-52-45-17-7-8-21-55(45)70(77)76(64)67(52)53/h5-39H,2H2,1,3-4H3/b16-5-. The summed E-state index contributed by atoms with van der Waals surface area (Å²) in [6.45, 7) is 11.1. The van der Waals surface area contributed by atoms with E-state index < -0.39 is 0 Å². The van der Waals surface area contributed by atoms with Gasteiger partial charge in [0.05, 0.1) is 44.1 Å². The van der Waals surface area contributed by atoms with E-state index in [-0.39, 0.29) is 16.5 Å². The molecule has 0 fully saturated rings. The number of hydrogen-bond donors (Lipinski definition) is 0. The minimum atomic E-state index is -0.307. The smallest absolute Gasteiger partial charge is 0.263 e. The van der Waals surface area contributed by atoms with Crippen LogP contribution in [0.2, 0.25) is 0 Å². The lowest BCUT2D eigenvalue weighted by Gasteiger charge is -2.25. The number of benzene rings is 10. The van der Waals surface area contributed by atoms with Crippen molar-refractivity contribution in [3.05, 3.63) is 256 Å². The molecule has 6 heterocycles. The van der Waals surface area contributed by atoms with Crippen molar-refractivity contribution in [3.63, 3.8) is 0 Å².